The molecule has 0 bridgehead atoms. The lowest BCUT2D eigenvalue weighted by Gasteiger charge is -2.17. The maximum Gasteiger partial charge on any atom is 0.261 e. The third-order valence-electron chi connectivity index (χ3n) is 2.30. The van der Waals surface area contributed by atoms with Crippen LogP contribution in [0.4, 0.5) is 0 Å². The van der Waals surface area contributed by atoms with E-state index in [0.717, 1.165) is 11.3 Å². The normalized spacial score (nSPS) is 10.7. The van der Waals surface area contributed by atoms with Crippen LogP contribution >= 0.6 is 11.3 Å². The Bertz CT molecular complexity index is 460. The van der Waals surface area contributed by atoms with Crippen LogP contribution in [0.1, 0.15) is 41.7 Å². The minimum atomic E-state index is -0.0231. The van der Waals surface area contributed by atoms with Gasteiger partial charge in [-0.3, -0.25) is 4.79 Å². The van der Waals surface area contributed by atoms with Crippen LogP contribution in [0.15, 0.2) is 12.1 Å². The monoisotopic (exact) mass is 264 g/mol. The van der Waals surface area contributed by atoms with E-state index in [1.54, 1.807) is 6.07 Å². The van der Waals surface area contributed by atoms with Crippen LogP contribution < -0.4 is 11.1 Å². The van der Waals surface area contributed by atoms with Crippen molar-refractivity contribution in [2.45, 2.75) is 27.2 Å². The zero-order valence-corrected chi connectivity index (χ0v) is 12.0. The summed E-state index contributed by atoms with van der Waals surface area (Å²) in [6.07, 6.45) is 0.962. The van der Waals surface area contributed by atoms with Gasteiger partial charge in [-0.15, -0.1) is 11.3 Å². The molecule has 0 aromatic carbocycles. The number of nitrogens with two attached hydrogens (primary N) is 1. The van der Waals surface area contributed by atoms with Crippen LogP contribution in [0.25, 0.3) is 0 Å². The van der Waals surface area contributed by atoms with Gasteiger partial charge in [-0.1, -0.05) is 32.6 Å². The minimum Gasteiger partial charge on any atom is -0.351 e. The lowest BCUT2D eigenvalue weighted by Crippen LogP contribution is -2.26. The zero-order chi connectivity index (χ0) is 13.6. The van der Waals surface area contributed by atoms with Gasteiger partial charge in [0.2, 0.25) is 0 Å². The van der Waals surface area contributed by atoms with E-state index in [9.17, 15) is 4.79 Å². The summed E-state index contributed by atoms with van der Waals surface area (Å²) in [6.45, 7) is 7.51. The summed E-state index contributed by atoms with van der Waals surface area (Å²) >= 11 is 1.40. The molecule has 0 spiro atoms. The van der Waals surface area contributed by atoms with Gasteiger partial charge >= 0.3 is 0 Å². The lowest BCUT2D eigenvalue weighted by molar-refractivity contribution is 0.0953. The molecule has 0 radical (unpaired) electrons. The smallest absolute Gasteiger partial charge is 0.261 e. The quantitative estimate of drug-likeness (QED) is 0.823. The zero-order valence-electron chi connectivity index (χ0n) is 11.2. The highest BCUT2D eigenvalue weighted by Crippen LogP contribution is 2.18. The third-order valence-corrected chi connectivity index (χ3v) is 3.30. The van der Waals surface area contributed by atoms with E-state index in [0.29, 0.717) is 18.0 Å². The number of amides is 1. The van der Waals surface area contributed by atoms with Gasteiger partial charge < -0.3 is 11.1 Å². The van der Waals surface area contributed by atoms with E-state index in [2.05, 4.69) is 37.9 Å². The molecule has 0 fully saturated rings. The Morgan fingerprint density at radius 3 is 2.78 bits per heavy atom. The predicted molar refractivity (Wildman–Crippen MR) is 76.7 cm³/mol. The molecule has 0 unspecified atom stereocenters. The van der Waals surface area contributed by atoms with E-state index in [1.165, 1.54) is 11.3 Å². The molecule has 0 atom stereocenters. The van der Waals surface area contributed by atoms with Crippen molar-refractivity contribution in [3.63, 3.8) is 0 Å². The van der Waals surface area contributed by atoms with Crippen LogP contribution in [0, 0.1) is 17.3 Å². The van der Waals surface area contributed by atoms with Gasteiger partial charge in [0.15, 0.2) is 0 Å². The van der Waals surface area contributed by atoms with Crippen LogP contribution in [0.5, 0.6) is 0 Å². The van der Waals surface area contributed by atoms with Crippen molar-refractivity contribution in [3.8, 4) is 11.8 Å². The fourth-order valence-corrected chi connectivity index (χ4v) is 2.10. The van der Waals surface area contributed by atoms with E-state index in [-0.39, 0.29) is 11.3 Å². The van der Waals surface area contributed by atoms with Crippen molar-refractivity contribution in [2.75, 3.05) is 13.1 Å². The lowest BCUT2D eigenvalue weighted by atomic mass is 9.92. The Kier molecular flexibility index (Phi) is 5.39. The summed E-state index contributed by atoms with van der Waals surface area (Å²) in [5, 5.41) is 2.92. The highest BCUT2D eigenvalue weighted by molar-refractivity contribution is 7.14. The highest BCUT2D eigenvalue weighted by Gasteiger charge is 2.12. The number of rotatable bonds is 3. The highest BCUT2D eigenvalue weighted by atomic mass is 32.1. The molecule has 3 N–H and O–H groups in total. The molecule has 1 aromatic rings. The number of hydrogen-bond donors (Lipinski definition) is 2. The molecule has 4 heteroatoms. The first-order valence-electron chi connectivity index (χ1n) is 5.99. The van der Waals surface area contributed by atoms with Gasteiger partial charge in [-0.25, -0.2) is 0 Å². The Morgan fingerprint density at radius 1 is 1.44 bits per heavy atom. The predicted octanol–water partition coefficient (Wildman–Crippen LogP) is 2.22. The Morgan fingerprint density at radius 2 is 2.17 bits per heavy atom. The number of carbonyl (C=O) groups excluding carboxylic acids is 1. The molecular weight excluding hydrogens is 244 g/mol. The van der Waals surface area contributed by atoms with Crippen molar-refractivity contribution in [1.29, 1.82) is 0 Å². The van der Waals surface area contributed by atoms with Gasteiger partial charge in [0.25, 0.3) is 5.91 Å². The van der Waals surface area contributed by atoms with E-state index >= 15 is 0 Å². The molecule has 1 rings (SSSR count). The summed E-state index contributed by atoms with van der Waals surface area (Å²) in [7, 11) is 0. The third kappa shape index (κ3) is 5.35. The number of thiophene rings is 1. The second kappa shape index (κ2) is 6.58. The molecule has 98 valence electrons. The fourth-order valence-electron chi connectivity index (χ4n) is 1.30. The first-order valence-corrected chi connectivity index (χ1v) is 6.81. The van der Waals surface area contributed by atoms with Crippen LogP contribution in [0.2, 0.25) is 0 Å². The maximum absolute atomic E-state index is 11.8. The first-order chi connectivity index (χ1) is 8.42. The molecule has 0 aliphatic carbocycles. The Hall–Kier alpha value is -1.31. The summed E-state index contributed by atoms with van der Waals surface area (Å²) in [4.78, 5) is 13.4. The van der Waals surface area contributed by atoms with Gasteiger partial charge in [-0.2, -0.15) is 0 Å². The topological polar surface area (TPSA) is 55.1 Å². The molecule has 0 aliphatic heterocycles. The molecule has 18 heavy (non-hydrogen) atoms. The largest absolute Gasteiger partial charge is 0.351 e. The molecule has 1 amide bonds. The molecule has 0 saturated carbocycles. The van der Waals surface area contributed by atoms with Crippen molar-refractivity contribution < 1.29 is 4.79 Å². The maximum atomic E-state index is 11.8. The number of nitrogens with one attached hydrogen (secondary N) is 1. The first kappa shape index (κ1) is 14.7. The molecule has 0 saturated heterocycles. The van der Waals surface area contributed by atoms with Crippen molar-refractivity contribution in [1.82, 2.24) is 5.32 Å². The second-order valence-electron chi connectivity index (χ2n) is 5.24. The van der Waals surface area contributed by atoms with E-state index < -0.39 is 0 Å². The van der Waals surface area contributed by atoms with Crippen LogP contribution in [-0.4, -0.2) is 19.0 Å². The summed E-state index contributed by atoms with van der Waals surface area (Å²) < 4.78 is 0. The molecule has 0 aliphatic rings. The SMILES string of the molecule is CC(C)(C)CCNC(=O)c1ccc(C#CCN)s1. The fraction of sp³-hybridized carbons (Fsp3) is 0.500. The number of carbonyl (C=O) groups is 1. The van der Waals surface area contributed by atoms with Crippen molar-refractivity contribution in [3.05, 3.63) is 21.9 Å². The summed E-state index contributed by atoms with van der Waals surface area (Å²) in [5.74, 6) is 5.68. The van der Waals surface area contributed by atoms with Gasteiger partial charge in [0.1, 0.15) is 0 Å². The molecule has 3 nitrogen and oxygen atoms in total. The van der Waals surface area contributed by atoms with Gasteiger partial charge in [-0.05, 0) is 24.0 Å². The Labute approximate surface area is 113 Å². The summed E-state index contributed by atoms with van der Waals surface area (Å²) in [6, 6.07) is 3.66. The Balaban J connectivity index is 2.49. The van der Waals surface area contributed by atoms with Crippen LogP contribution in [-0.2, 0) is 0 Å². The minimum absolute atomic E-state index is 0.0231. The van der Waals surface area contributed by atoms with E-state index in [4.69, 9.17) is 5.73 Å². The average molecular weight is 264 g/mol. The van der Waals surface area contributed by atoms with Gasteiger partial charge in [0.05, 0.1) is 16.3 Å². The molecule has 1 aromatic heterocycles. The van der Waals surface area contributed by atoms with Crippen molar-refractivity contribution in [2.24, 2.45) is 11.1 Å². The average Bonchev–Trinajstić information content (AvgIpc) is 2.73. The van der Waals surface area contributed by atoms with E-state index in [1.807, 2.05) is 6.07 Å². The van der Waals surface area contributed by atoms with Crippen molar-refractivity contribution >= 4 is 17.2 Å². The summed E-state index contributed by atoms with van der Waals surface area (Å²) in [5.41, 5.74) is 5.54. The molecular formula is C14H20N2OS. The molecule has 1 heterocycles. The number of hydrogen-bond acceptors (Lipinski definition) is 3. The second-order valence-corrected chi connectivity index (χ2v) is 6.32. The standard InChI is InChI=1S/C14H20N2OS/c1-14(2,3)8-10-16-13(17)12-7-6-11(18-12)5-4-9-15/h6-7H,8-10,15H2,1-3H3,(H,16,17). The van der Waals surface area contributed by atoms with Crippen LogP contribution in [0.3, 0.4) is 0 Å². The van der Waals surface area contributed by atoms with Gasteiger partial charge in [0, 0.05) is 6.54 Å².